The van der Waals surface area contributed by atoms with E-state index in [1.807, 2.05) is 36.4 Å². The lowest BCUT2D eigenvalue weighted by molar-refractivity contribution is 1.12. The third-order valence-electron chi connectivity index (χ3n) is 2.47. The van der Waals surface area contributed by atoms with E-state index in [9.17, 15) is 0 Å². The van der Waals surface area contributed by atoms with Crippen molar-refractivity contribution in [3.05, 3.63) is 58.3 Å². The Hall–Kier alpha value is -1.46. The number of thiocarbonyl (C=S) groups is 1. The summed E-state index contributed by atoms with van der Waals surface area (Å²) < 4.78 is 1.07. The van der Waals surface area contributed by atoms with Crippen LogP contribution in [0.15, 0.2) is 47.1 Å². The van der Waals surface area contributed by atoms with Crippen LogP contribution in [0, 0.1) is 0 Å². The fourth-order valence-electron chi connectivity index (χ4n) is 1.58. The minimum Gasteiger partial charge on any atom is -0.388 e. The summed E-state index contributed by atoms with van der Waals surface area (Å²) in [5.41, 5.74) is 8.27. The molecule has 2 aromatic rings. The zero-order chi connectivity index (χ0) is 13.0. The van der Waals surface area contributed by atoms with Crippen LogP contribution in [-0.2, 0) is 6.54 Å². The maximum atomic E-state index is 5.63. The summed E-state index contributed by atoms with van der Waals surface area (Å²) in [6, 6.07) is 11.8. The van der Waals surface area contributed by atoms with E-state index in [0.29, 0.717) is 17.2 Å². The number of hydrogen-bond acceptors (Lipinski definition) is 3. The van der Waals surface area contributed by atoms with Crippen LogP contribution in [0.5, 0.6) is 0 Å². The molecule has 2 rings (SSSR count). The van der Waals surface area contributed by atoms with Gasteiger partial charge in [0.1, 0.15) is 10.7 Å². The smallest absolute Gasteiger partial charge is 0.124 e. The molecule has 0 unspecified atom stereocenters. The van der Waals surface area contributed by atoms with Gasteiger partial charge in [-0.05, 0) is 23.8 Å². The Bertz CT molecular complexity index is 572. The molecule has 0 saturated heterocycles. The first kappa shape index (κ1) is 13.0. The molecule has 5 heteroatoms. The van der Waals surface area contributed by atoms with Crippen LogP contribution in [0.2, 0.25) is 0 Å². The first-order chi connectivity index (χ1) is 8.68. The van der Waals surface area contributed by atoms with Gasteiger partial charge in [-0.1, -0.05) is 46.3 Å². The van der Waals surface area contributed by atoms with Gasteiger partial charge >= 0.3 is 0 Å². The molecule has 0 saturated carbocycles. The standard InChI is InChI=1S/C13H12BrN3S/c14-10-5-2-1-4-9(10)8-17-11-6-3-7-16-12(11)13(15)18/h1-7,17H,8H2,(H2,15,18). The van der Waals surface area contributed by atoms with Gasteiger partial charge in [0.05, 0.1) is 5.69 Å². The Morgan fingerprint density at radius 1 is 1.28 bits per heavy atom. The molecule has 0 aliphatic rings. The van der Waals surface area contributed by atoms with E-state index in [4.69, 9.17) is 18.0 Å². The van der Waals surface area contributed by atoms with Gasteiger partial charge < -0.3 is 11.1 Å². The molecule has 0 atom stereocenters. The fourth-order valence-corrected chi connectivity index (χ4v) is 2.16. The molecule has 18 heavy (non-hydrogen) atoms. The van der Waals surface area contributed by atoms with E-state index in [1.165, 1.54) is 0 Å². The predicted octanol–water partition coefficient (Wildman–Crippen LogP) is 3.09. The van der Waals surface area contributed by atoms with Crippen LogP contribution >= 0.6 is 28.1 Å². The summed E-state index contributed by atoms with van der Waals surface area (Å²) in [4.78, 5) is 4.47. The number of pyridine rings is 1. The van der Waals surface area contributed by atoms with E-state index in [-0.39, 0.29) is 0 Å². The maximum Gasteiger partial charge on any atom is 0.124 e. The van der Waals surface area contributed by atoms with Gasteiger partial charge in [-0.15, -0.1) is 0 Å². The topological polar surface area (TPSA) is 50.9 Å². The van der Waals surface area contributed by atoms with E-state index in [2.05, 4.69) is 26.2 Å². The molecule has 0 aliphatic carbocycles. The van der Waals surface area contributed by atoms with Gasteiger partial charge in [0.15, 0.2) is 0 Å². The molecule has 92 valence electrons. The summed E-state index contributed by atoms with van der Waals surface area (Å²) in [7, 11) is 0. The first-order valence-corrected chi connectivity index (χ1v) is 6.60. The van der Waals surface area contributed by atoms with Crippen molar-refractivity contribution in [2.75, 3.05) is 5.32 Å². The number of benzene rings is 1. The highest BCUT2D eigenvalue weighted by atomic mass is 79.9. The van der Waals surface area contributed by atoms with Crippen molar-refractivity contribution in [3.63, 3.8) is 0 Å². The predicted molar refractivity (Wildman–Crippen MR) is 81.6 cm³/mol. The molecule has 1 aromatic heterocycles. The van der Waals surface area contributed by atoms with Gasteiger partial charge in [0.25, 0.3) is 0 Å². The molecule has 1 heterocycles. The number of anilines is 1. The summed E-state index contributed by atoms with van der Waals surface area (Å²) in [5.74, 6) is 0. The lowest BCUT2D eigenvalue weighted by atomic mass is 10.2. The van der Waals surface area contributed by atoms with E-state index < -0.39 is 0 Å². The van der Waals surface area contributed by atoms with Crippen LogP contribution in [0.1, 0.15) is 11.3 Å². The van der Waals surface area contributed by atoms with Crippen LogP contribution < -0.4 is 11.1 Å². The number of halogens is 1. The SMILES string of the molecule is NC(=S)c1ncccc1NCc1ccccc1Br. The summed E-state index contributed by atoms with van der Waals surface area (Å²) in [5, 5.41) is 3.29. The number of nitrogens with two attached hydrogens (primary N) is 1. The monoisotopic (exact) mass is 321 g/mol. The minimum atomic E-state index is 0.297. The second-order valence-corrected chi connectivity index (χ2v) is 5.00. The van der Waals surface area contributed by atoms with Crippen molar-refractivity contribution in [2.45, 2.75) is 6.54 Å². The van der Waals surface area contributed by atoms with Gasteiger partial charge in [-0.25, -0.2) is 0 Å². The Balaban J connectivity index is 2.16. The highest BCUT2D eigenvalue weighted by Crippen LogP contribution is 2.18. The Kier molecular flexibility index (Phi) is 4.28. The van der Waals surface area contributed by atoms with E-state index in [1.54, 1.807) is 6.20 Å². The second kappa shape index (κ2) is 5.93. The molecule has 3 N–H and O–H groups in total. The Morgan fingerprint density at radius 2 is 2.06 bits per heavy atom. The van der Waals surface area contributed by atoms with Crippen LogP contribution in [-0.4, -0.2) is 9.97 Å². The highest BCUT2D eigenvalue weighted by molar-refractivity contribution is 9.10. The molecule has 0 amide bonds. The quantitative estimate of drug-likeness (QED) is 0.850. The average Bonchev–Trinajstić information content (AvgIpc) is 2.38. The van der Waals surface area contributed by atoms with Crippen LogP contribution in [0.4, 0.5) is 5.69 Å². The van der Waals surface area contributed by atoms with Crippen molar-refractivity contribution in [2.24, 2.45) is 5.73 Å². The minimum absolute atomic E-state index is 0.297. The highest BCUT2D eigenvalue weighted by Gasteiger charge is 2.06. The van der Waals surface area contributed by atoms with E-state index >= 15 is 0 Å². The normalized spacial score (nSPS) is 10.1. The summed E-state index contributed by atoms with van der Waals surface area (Å²) >= 11 is 8.48. The zero-order valence-corrected chi connectivity index (χ0v) is 12.0. The Morgan fingerprint density at radius 3 is 2.78 bits per heavy atom. The van der Waals surface area contributed by atoms with Crippen molar-refractivity contribution < 1.29 is 0 Å². The van der Waals surface area contributed by atoms with Crippen molar-refractivity contribution in [3.8, 4) is 0 Å². The van der Waals surface area contributed by atoms with Gasteiger partial charge in [-0.2, -0.15) is 0 Å². The molecule has 0 aliphatic heterocycles. The molecule has 0 spiro atoms. The average molecular weight is 322 g/mol. The Labute approximate surface area is 120 Å². The second-order valence-electron chi connectivity index (χ2n) is 3.71. The first-order valence-electron chi connectivity index (χ1n) is 5.40. The third-order valence-corrected chi connectivity index (χ3v) is 3.44. The van der Waals surface area contributed by atoms with Crippen molar-refractivity contribution in [1.82, 2.24) is 4.98 Å². The fraction of sp³-hybridized carbons (Fsp3) is 0.0769. The van der Waals surface area contributed by atoms with Crippen molar-refractivity contribution >= 4 is 38.8 Å². The molecule has 3 nitrogen and oxygen atoms in total. The number of hydrogen-bond donors (Lipinski definition) is 2. The number of aromatic nitrogens is 1. The molecule has 0 bridgehead atoms. The lowest BCUT2D eigenvalue weighted by Crippen LogP contribution is -2.15. The summed E-state index contributed by atoms with van der Waals surface area (Å²) in [6.45, 7) is 0.683. The number of rotatable bonds is 4. The third kappa shape index (κ3) is 3.05. The molecule has 0 fully saturated rings. The van der Waals surface area contributed by atoms with Crippen LogP contribution in [0.25, 0.3) is 0 Å². The van der Waals surface area contributed by atoms with Crippen LogP contribution in [0.3, 0.4) is 0 Å². The van der Waals surface area contributed by atoms with Crippen molar-refractivity contribution in [1.29, 1.82) is 0 Å². The largest absolute Gasteiger partial charge is 0.388 e. The molecule has 0 radical (unpaired) electrons. The lowest BCUT2D eigenvalue weighted by Gasteiger charge is -2.11. The molecular formula is C13H12BrN3S. The van der Waals surface area contributed by atoms with E-state index in [0.717, 1.165) is 15.7 Å². The van der Waals surface area contributed by atoms with Gasteiger partial charge in [-0.3, -0.25) is 4.98 Å². The summed E-state index contributed by atoms with van der Waals surface area (Å²) in [6.07, 6.45) is 1.68. The van der Waals surface area contributed by atoms with Gasteiger partial charge in [0, 0.05) is 17.2 Å². The maximum absolute atomic E-state index is 5.63. The number of nitrogens with one attached hydrogen (secondary N) is 1. The molecular weight excluding hydrogens is 310 g/mol. The zero-order valence-electron chi connectivity index (χ0n) is 9.56. The van der Waals surface area contributed by atoms with Gasteiger partial charge in [0.2, 0.25) is 0 Å². The number of nitrogens with zero attached hydrogens (tertiary/aromatic N) is 1. The molecule has 1 aromatic carbocycles.